The molecule has 0 aromatic heterocycles. The third-order valence-electron chi connectivity index (χ3n) is 6.59. The molecule has 9 nitrogen and oxygen atoms in total. The van der Waals surface area contributed by atoms with Crippen molar-refractivity contribution in [3.63, 3.8) is 0 Å². The molecule has 46 heavy (non-hydrogen) atoms. The second-order valence-corrected chi connectivity index (χ2v) is 11.1. The van der Waals surface area contributed by atoms with Crippen LogP contribution in [0, 0.1) is 0 Å². The molecule has 0 atom stereocenters. The van der Waals surface area contributed by atoms with E-state index in [1.807, 2.05) is 19.1 Å². The van der Waals surface area contributed by atoms with Crippen LogP contribution in [0.1, 0.15) is 46.0 Å². The molecule has 0 radical (unpaired) electrons. The molecule has 4 aromatic rings. The van der Waals surface area contributed by atoms with Crippen molar-refractivity contribution in [2.45, 2.75) is 24.7 Å². The number of thioether (sulfide) groups is 1. The maximum Gasteiger partial charge on any atom is 0.338 e. The van der Waals surface area contributed by atoms with Gasteiger partial charge in [-0.05, 0) is 79.2 Å². The lowest BCUT2D eigenvalue weighted by Crippen LogP contribution is -2.30. The number of hydrogen-bond donors (Lipinski definition) is 3. The highest BCUT2D eigenvalue weighted by Gasteiger charge is 2.16. The second-order valence-electron chi connectivity index (χ2n) is 10.0. The first-order valence-electron chi connectivity index (χ1n) is 14.7. The number of carbonyl (C=O) groups excluding carboxylic acids is 4. The van der Waals surface area contributed by atoms with Gasteiger partial charge in [0.2, 0.25) is 5.91 Å². The lowest BCUT2D eigenvalue weighted by atomic mass is 10.1. The van der Waals surface area contributed by atoms with Gasteiger partial charge in [-0.1, -0.05) is 49.7 Å². The van der Waals surface area contributed by atoms with Crippen molar-refractivity contribution in [3.8, 4) is 5.75 Å². The van der Waals surface area contributed by atoms with Crippen LogP contribution in [0.15, 0.2) is 114 Å². The van der Waals surface area contributed by atoms with Crippen molar-refractivity contribution in [3.05, 3.63) is 126 Å². The molecule has 0 unspecified atom stereocenters. The van der Waals surface area contributed by atoms with Gasteiger partial charge in [0.15, 0.2) is 0 Å². The number of hydrogen-bond acceptors (Lipinski definition) is 7. The van der Waals surface area contributed by atoms with Gasteiger partial charge >= 0.3 is 5.97 Å². The third kappa shape index (κ3) is 10.1. The Balaban J connectivity index is 1.34. The van der Waals surface area contributed by atoms with Crippen LogP contribution in [0.2, 0.25) is 0 Å². The highest BCUT2D eigenvalue weighted by molar-refractivity contribution is 8.00. The summed E-state index contributed by atoms with van der Waals surface area (Å²) < 4.78 is 10.6. The molecule has 0 fully saturated rings. The number of para-hydroxylation sites is 1. The number of esters is 1. The Morgan fingerprint density at radius 3 is 2.11 bits per heavy atom. The molecule has 0 saturated carbocycles. The number of ether oxygens (including phenoxy) is 2. The minimum absolute atomic E-state index is 0.0369. The van der Waals surface area contributed by atoms with Gasteiger partial charge in [0.1, 0.15) is 11.4 Å². The van der Waals surface area contributed by atoms with Gasteiger partial charge in [-0.25, -0.2) is 4.79 Å². The molecule has 0 spiro atoms. The van der Waals surface area contributed by atoms with Gasteiger partial charge in [-0.2, -0.15) is 0 Å². The second kappa shape index (κ2) is 17.2. The highest BCUT2D eigenvalue weighted by Crippen LogP contribution is 2.23. The van der Waals surface area contributed by atoms with Crippen molar-refractivity contribution in [1.29, 1.82) is 0 Å². The lowest BCUT2D eigenvalue weighted by Gasteiger charge is -2.13. The summed E-state index contributed by atoms with van der Waals surface area (Å²) in [6.45, 7) is 2.41. The molecule has 0 aliphatic carbocycles. The molecule has 10 heteroatoms. The normalized spacial score (nSPS) is 10.9. The number of nitrogens with one attached hydrogen (secondary N) is 3. The average Bonchev–Trinajstić information content (AvgIpc) is 3.08. The predicted molar refractivity (Wildman–Crippen MR) is 181 cm³/mol. The maximum absolute atomic E-state index is 13.4. The van der Waals surface area contributed by atoms with E-state index >= 15 is 0 Å². The first kappa shape index (κ1) is 33.5. The van der Waals surface area contributed by atoms with E-state index in [9.17, 15) is 19.2 Å². The fraction of sp³-hybridized carbons (Fsp3) is 0.167. The third-order valence-corrected chi connectivity index (χ3v) is 7.60. The van der Waals surface area contributed by atoms with Gasteiger partial charge in [-0.15, -0.1) is 11.8 Å². The van der Waals surface area contributed by atoms with E-state index in [1.54, 1.807) is 97.1 Å². The zero-order valence-electron chi connectivity index (χ0n) is 25.6. The van der Waals surface area contributed by atoms with Gasteiger partial charge < -0.3 is 25.4 Å². The Hall–Kier alpha value is -5.35. The summed E-state index contributed by atoms with van der Waals surface area (Å²) in [5.41, 5.74) is 2.57. The van der Waals surface area contributed by atoms with Crippen molar-refractivity contribution < 1.29 is 28.7 Å². The van der Waals surface area contributed by atoms with Crippen LogP contribution in [0.5, 0.6) is 5.75 Å². The summed E-state index contributed by atoms with van der Waals surface area (Å²) in [6.07, 6.45) is 3.31. The van der Waals surface area contributed by atoms with E-state index in [0.29, 0.717) is 40.4 Å². The van der Waals surface area contributed by atoms with E-state index in [4.69, 9.17) is 9.47 Å². The number of rotatable bonds is 14. The van der Waals surface area contributed by atoms with Crippen LogP contribution in [-0.2, 0) is 14.3 Å². The maximum atomic E-state index is 13.4. The molecular weight excluding hydrogens is 602 g/mol. The Bertz CT molecular complexity index is 1670. The van der Waals surface area contributed by atoms with Crippen molar-refractivity contribution >= 4 is 52.9 Å². The number of anilines is 2. The largest absolute Gasteiger partial charge is 0.496 e. The fourth-order valence-corrected chi connectivity index (χ4v) is 4.84. The average molecular weight is 638 g/mol. The molecule has 4 rings (SSSR count). The lowest BCUT2D eigenvalue weighted by molar-refractivity contribution is -0.114. The molecule has 3 amide bonds. The number of amides is 3. The molecule has 3 N–H and O–H groups in total. The zero-order chi connectivity index (χ0) is 32.7. The van der Waals surface area contributed by atoms with Crippen LogP contribution in [0.25, 0.3) is 6.08 Å². The first-order valence-corrected chi connectivity index (χ1v) is 15.7. The molecule has 0 aliphatic heterocycles. The van der Waals surface area contributed by atoms with E-state index in [0.717, 1.165) is 17.7 Å². The monoisotopic (exact) mass is 637 g/mol. The first-order chi connectivity index (χ1) is 22.4. The highest BCUT2D eigenvalue weighted by atomic mass is 32.2. The van der Waals surface area contributed by atoms with E-state index in [-0.39, 0.29) is 23.3 Å². The Labute approximate surface area is 272 Å². The minimum atomic E-state index is -0.518. The van der Waals surface area contributed by atoms with Crippen LogP contribution >= 0.6 is 11.8 Å². The number of benzene rings is 4. The molecule has 0 bridgehead atoms. The van der Waals surface area contributed by atoms with Crippen molar-refractivity contribution in [2.75, 3.05) is 30.1 Å². The van der Waals surface area contributed by atoms with Gasteiger partial charge in [0, 0.05) is 27.4 Å². The van der Waals surface area contributed by atoms with E-state index in [1.165, 1.54) is 18.9 Å². The topological polar surface area (TPSA) is 123 Å². The summed E-state index contributed by atoms with van der Waals surface area (Å²) >= 11 is 1.33. The quantitative estimate of drug-likeness (QED) is 0.0602. The fourth-order valence-electron chi connectivity index (χ4n) is 4.14. The molecule has 0 heterocycles. The summed E-state index contributed by atoms with van der Waals surface area (Å²) in [7, 11) is 1.53. The van der Waals surface area contributed by atoms with E-state index < -0.39 is 11.8 Å². The smallest absolute Gasteiger partial charge is 0.338 e. The van der Waals surface area contributed by atoms with Crippen LogP contribution in [0.3, 0.4) is 0 Å². The molecule has 0 saturated heterocycles. The Kier molecular flexibility index (Phi) is 12.6. The number of unbranched alkanes of at least 4 members (excludes halogenated alkanes) is 1. The molecule has 236 valence electrons. The van der Waals surface area contributed by atoms with Crippen molar-refractivity contribution in [1.82, 2.24) is 5.32 Å². The van der Waals surface area contributed by atoms with Crippen LogP contribution in [0.4, 0.5) is 11.4 Å². The van der Waals surface area contributed by atoms with Crippen LogP contribution < -0.4 is 20.7 Å². The summed E-state index contributed by atoms with van der Waals surface area (Å²) in [5.74, 6) is -0.836. The van der Waals surface area contributed by atoms with Crippen LogP contribution in [-0.4, -0.2) is 43.2 Å². The van der Waals surface area contributed by atoms with E-state index in [2.05, 4.69) is 16.0 Å². The van der Waals surface area contributed by atoms with Gasteiger partial charge in [-0.3, -0.25) is 14.4 Å². The zero-order valence-corrected chi connectivity index (χ0v) is 26.4. The predicted octanol–water partition coefficient (Wildman–Crippen LogP) is 6.79. The minimum Gasteiger partial charge on any atom is -0.496 e. The molecule has 4 aromatic carbocycles. The Morgan fingerprint density at radius 2 is 1.41 bits per heavy atom. The number of carbonyl (C=O) groups is 4. The number of methoxy groups -OCH3 is 1. The SMILES string of the molecule is CCCCOC(=O)c1ccc(NC(=O)CSc2ccc(NC(=O)/C(=C/c3ccccc3OC)NC(=O)c3ccccc3)cc2)cc1. The van der Waals surface area contributed by atoms with Crippen molar-refractivity contribution in [2.24, 2.45) is 0 Å². The summed E-state index contributed by atoms with van der Waals surface area (Å²) in [4.78, 5) is 51.7. The van der Waals surface area contributed by atoms with Gasteiger partial charge in [0.05, 0.1) is 25.0 Å². The summed E-state index contributed by atoms with van der Waals surface area (Å²) in [5, 5.41) is 8.36. The standard InChI is InChI=1S/C36H35N3O6S/c1-3-4-22-45-36(43)26-14-16-28(17-15-26)37-33(40)24-46-30-20-18-29(19-21-30)38-35(42)31(23-27-12-8-9-13-32(27)44-2)39-34(41)25-10-6-5-7-11-25/h5-21,23H,3-4,22,24H2,1-2H3,(H,37,40)(H,38,42)(H,39,41)/b31-23-. The molecule has 0 aliphatic rings. The summed E-state index contributed by atoms with van der Waals surface area (Å²) in [6, 6.07) is 29.4. The molecular formula is C36H35N3O6S. The van der Waals surface area contributed by atoms with Gasteiger partial charge in [0.25, 0.3) is 11.8 Å². The Morgan fingerprint density at radius 1 is 0.761 bits per heavy atom.